The highest BCUT2D eigenvalue weighted by Gasteiger charge is 2.32. The van der Waals surface area contributed by atoms with Crippen LogP contribution in [-0.2, 0) is 14.6 Å². The maximum Gasteiger partial charge on any atom is 0.341 e. The van der Waals surface area contributed by atoms with E-state index in [4.69, 9.17) is 0 Å². The van der Waals surface area contributed by atoms with E-state index in [0.717, 1.165) is 6.07 Å². The van der Waals surface area contributed by atoms with Gasteiger partial charge in [-0.05, 0) is 32.0 Å². The van der Waals surface area contributed by atoms with Crippen LogP contribution in [0, 0.1) is 5.92 Å². The smallest absolute Gasteiger partial charge is 0.325 e. The number of carbonyl (C=O) groups is 1. The molecule has 0 bridgehead atoms. The standard InChI is InChI=1S/C13H16F2N2O3S/c1-8-9(6-7-16-8)12(18)17-10-4-2-3-5-11(10)21(19,20)13(14)15/h2-5,8-9,13,16H,6-7H2,1H3,(H,17,18). The molecule has 0 spiro atoms. The Labute approximate surface area is 121 Å². The number of amides is 1. The van der Waals surface area contributed by atoms with Gasteiger partial charge in [-0.15, -0.1) is 0 Å². The molecule has 116 valence electrons. The molecule has 2 unspecified atom stereocenters. The van der Waals surface area contributed by atoms with E-state index in [1.165, 1.54) is 18.2 Å². The van der Waals surface area contributed by atoms with Crippen LogP contribution < -0.4 is 10.6 Å². The van der Waals surface area contributed by atoms with Crippen molar-refractivity contribution in [3.05, 3.63) is 24.3 Å². The van der Waals surface area contributed by atoms with E-state index < -0.39 is 20.5 Å². The van der Waals surface area contributed by atoms with Crippen molar-refractivity contribution in [2.24, 2.45) is 5.92 Å². The lowest BCUT2D eigenvalue weighted by Gasteiger charge is -2.16. The third kappa shape index (κ3) is 3.21. The van der Waals surface area contributed by atoms with Crippen molar-refractivity contribution in [2.45, 2.75) is 30.0 Å². The predicted octanol–water partition coefficient (Wildman–Crippen LogP) is 1.62. The van der Waals surface area contributed by atoms with Crippen LogP contribution in [0.25, 0.3) is 0 Å². The molecule has 8 heteroatoms. The molecule has 1 aromatic carbocycles. The Morgan fingerprint density at radius 2 is 2.05 bits per heavy atom. The van der Waals surface area contributed by atoms with Crippen molar-refractivity contribution in [1.29, 1.82) is 0 Å². The highest BCUT2D eigenvalue weighted by atomic mass is 32.2. The lowest BCUT2D eigenvalue weighted by molar-refractivity contribution is -0.120. The summed E-state index contributed by atoms with van der Waals surface area (Å²) in [4.78, 5) is 11.6. The molecule has 0 aliphatic carbocycles. The molecule has 5 nitrogen and oxygen atoms in total. The molecule has 1 fully saturated rings. The molecule has 2 N–H and O–H groups in total. The van der Waals surface area contributed by atoms with Crippen LogP contribution in [0.1, 0.15) is 13.3 Å². The van der Waals surface area contributed by atoms with Gasteiger partial charge in [0.25, 0.3) is 0 Å². The Bertz CT molecular complexity index is 634. The zero-order valence-corrected chi connectivity index (χ0v) is 12.2. The number of sulfone groups is 1. The Morgan fingerprint density at radius 1 is 1.38 bits per heavy atom. The van der Waals surface area contributed by atoms with Gasteiger partial charge < -0.3 is 10.6 Å². The summed E-state index contributed by atoms with van der Waals surface area (Å²) in [6.07, 6.45) is 0.622. The SMILES string of the molecule is CC1NCCC1C(=O)Nc1ccccc1S(=O)(=O)C(F)F. The summed E-state index contributed by atoms with van der Waals surface area (Å²) in [7, 11) is -4.75. The molecule has 0 radical (unpaired) electrons. The summed E-state index contributed by atoms with van der Waals surface area (Å²) >= 11 is 0. The van der Waals surface area contributed by atoms with Crippen LogP contribution in [-0.4, -0.2) is 32.7 Å². The van der Waals surface area contributed by atoms with Crippen molar-refractivity contribution in [3.63, 3.8) is 0 Å². The van der Waals surface area contributed by atoms with Gasteiger partial charge in [0.2, 0.25) is 15.7 Å². The van der Waals surface area contributed by atoms with Crippen molar-refractivity contribution < 1.29 is 22.0 Å². The summed E-state index contributed by atoms with van der Waals surface area (Å²) < 4.78 is 48.5. The quantitative estimate of drug-likeness (QED) is 0.884. The van der Waals surface area contributed by atoms with Crippen molar-refractivity contribution in [3.8, 4) is 0 Å². The maximum atomic E-state index is 12.7. The summed E-state index contributed by atoms with van der Waals surface area (Å²) in [5, 5.41) is 5.55. The van der Waals surface area contributed by atoms with Crippen LogP contribution >= 0.6 is 0 Å². The lowest BCUT2D eigenvalue weighted by Crippen LogP contribution is -2.32. The van der Waals surface area contributed by atoms with E-state index >= 15 is 0 Å². The van der Waals surface area contributed by atoms with Gasteiger partial charge in [0.15, 0.2) is 0 Å². The third-order valence-corrected chi connectivity index (χ3v) is 4.99. The topological polar surface area (TPSA) is 75.3 Å². The van der Waals surface area contributed by atoms with E-state index in [1.54, 1.807) is 0 Å². The molecule has 1 amide bonds. The summed E-state index contributed by atoms with van der Waals surface area (Å²) in [5.41, 5.74) is -0.109. The van der Waals surface area contributed by atoms with Crippen LogP contribution in [0.4, 0.5) is 14.5 Å². The van der Waals surface area contributed by atoms with Crippen LogP contribution in [0.15, 0.2) is 29.2 Å². The molecule has 0 saturated carbocycles. The Morgan fingerprint density at radius 3 is 2.62 bits per heavy atom. The number of nitrogens with one attached hydrogen (secondary N) is 2. The zero-order chi connectivity index (χ0) is 15.6. The number of alkyl halides is 2. The van der Waals surface area contributed by atoms with E-state index in [-0.39, 0.29) is 23.6 Å². The van der Waals surface area contributed by atoms with Crippen LogP contribution in [0.5, 0.6) is 0 Å². The van der Waals surface area contributed by atoms with Gasteiger partial charge in [-0.2, -0.15) is 8.78 Å². The second-order valence-corrected chi connectivity index (χ2v) is 6.82. The first-order valence-electron chi connectivity index (χ1n) is 6.49. The second kappa shape index (κ2) is 6.07. The monoisotopic (exact) mass is 318 g/mol. The first kappa shape index (κ1) is 15.8. The van der Waals surface area contributed by atoms with Crippen LogP contribution in [0.3, 0.4) is 0 Å². The summed E-state index contributed by atoms with van der Waals surface area (Å²) in [6, 6.07) is 5.15. The highest BCUT2D eigenvalue weighted by Crippen LogP contribution is 2.27. The van der Waals surface area contributed by atoms with Gasteiger partial charge in [-0.25, -0.2) is 8.42 Å². The van der Waals surface area contributed by atoms with E-state index in [9.17, 15) is 22.0 Å². The molecule has 2 atom stereocenters. The zero-order valence-electron chi connectivity index (χ0n) is 11.3. The van der Waals surface area contributed by atoms with Gasteiger partial charge in [-0.3, -0.25) is 4.79 Å². The molecule has 1 aliphatic heterocycles. The Hall–Kier alpha value is -1.54. The minimum Gasteiger partial charge on any atom is -0.325 e. The fourth-order valence-electron chi connectivity index (χ4n) is 2.36. The molecular weight excluding hydrogens is 302 g/mol. The number of carbonyl (C=O) groups excluding carboxylic acids is 1. The molecule has 1 aromatic rings. The molecule has 2 rings (SSSR count). The van der Waals surface area contributed by atoms with Crippen molar-refractivity contribution >= 4 is 21.4 Å². The molecule has 0 aromatic heterocycles. The van der Waals surface area contributed by atoms with Gasteiger partial charge in [-0.1, -0.05) is 12.1 Å². The van der Waals surface area contributed by atoms with Gasteiger partial charge in [0.1, 0.15) is 0 Å². The van der Waals surface area contributed by atoms with Crippen molar-refractivity contribution in [1.82, 2.24) is 5.32 Å². The molecule has 21 heavy (non-hydrogen) atoms. The predicted molar refractivity (Wildman–Crippen MR) is 73.8 cm³/mol. The number of benzene rings is 1. The second-order valence-electron chi connectivity index (χ2n) is 4.93. The Balaban J connectivity index is 2.27. The molecule has 1 heterocycles. The van der Waals surface area contributed by atoms with Gasteiger partial charge in [0.05, 0.1) is 16.5 Å². The number of halogens is 2. The van der Waals surface area contributed by atoms with Crippen LogP contribution in [0.2, 0.25) is 0 Å². The average molecular weight is 318 g/mol. The van der Waals surface area contributed by atoms with Gasteiger partial charge in [0, 0.05) is 6.04 Å². The largest absolute Gasteiger partial charge is 0.341 e. The van der Waals surface area contributed by atoms with E-state index in [2.05, 4.69) is 10.6 Å². The highest BCUT2D eigenvalue weighted by molar-refractivity contribution is 7.91. The van der Waals surface area contributed by atoms with Crippen molar-refractivity contribution in [2.75, 3.05) is 11.9 Å². The average Bonchev–Trinajstić information content (AvgIpc) is 2.85. The van der Waals surface area contributed by atoms with Gasteiger partial charge >= 0.3 is 5.76 Å². The van der Waals surface area contributed by atoms with E-state index in [1.807, 2.05) is 6.92 Å². The first-order chi connectivity index (χ1) is 9.84. The minimum absolute atomic E-state index is 0.0381. The summed E-state index contributed by atoms with van der Waals surface area (Å²) in [5.74, 6) is -4.21. The Kier molecular flexibility index (Phi) is 4.58. The minimum atomic E-state index is -4.75. The number of anilines is 1. The normalized spacial score (nSPS) is 22.5. The molecular formula is C13H16F2N2O3S. The third-order valence-electron chi connectivity index (χ3n) is 3.55. The number of rotatable bonds is 4. The fourth-order valence-corrected chi connectivity index (χ4v) is 3.24. The number of hydrogen-bond donors (Lipinski definition) is 2. The number of hydrogen-bond acceptors (Lipinski definition) is 4. The van der Waals surface area contributed by atoms with E-state index in [0.29, 0.717) is 13.0 Å². The lowest BCUT2D eigenvalue weighted by atomic mass is 10.0. The summed E-state index contributed by atoms with van der Waals surface area (Å²) in [6.45, 7) is 2.54. The number of para-hydroxylation sites is 1. The molecule has 1 saturated heterocycles. The molecule has 1 aliphatic rings. The first-order valence-corrected chi connectivity index (χ1v) is 8.04. The maximum absolute atomic E-state index is 12.7. The fraction of sp³-hybridized carbons (Fsp3) is 0.462.